The summed E-state index contributed by atoms with van der Waals surface area (Å²) >= 11 is 1.04. The highest BCUT2D eigenvalue weighted by Gasteiger charge is 2.40. The number of H-pyrrole nitrogens is 1. The number of aromatic nitrogens is 4. The second kappa shape index (κ2) is 5.72. The van der Waals surface area contributed by atoms with E-state index in [2.05, 4.69) is 25.5 Å². The average Bonchev–Trinajstić information content (AvgIpc) is 3.24. The van der Waals surface area contributed by atoms with Crippen molar-refractivity contribution >= 4 is 17.0 Å². The van der Waals surface area contributed by atoms with Crippen LogP contribution < -0.4 is 5.32 Å². The number of pyridine rings is 1. The maximum Gasteiger partial charge on any atom is 0.287 e. The molecular formula is C15H17N5OS. The van der Waals surface area contributed by atoms with Gasteiger partial charge in [0.15, 0.2) is 5.82 Å². The van der Waals surface area contributed by atoms with Crippen LogP contribution >= 0.6 is 11.8 Å². The van der Waals surface area contributed by atoms with Crippen molar-refractivity contribution in [2.75, 3.05) is 0 Å². The number of nitrogens with one attached hydrogen (secondary N) is 2. The van der Waals surface area contributed by atoms with E-state index >= 15 is 0 Å². The van der Waals surface area contributed by atoms with Gasteiger partial charge >= 0.3 is 0 Å². The van der Waals surface area contributed by atoms with E-state index < -0.39 is 0 Å². The van der Waals surface area contributed by atoms with Crippen molar-refractivity contribution in [1.29, 1.82) is 0 Å². The van der Waals surface area contributed by atoms with Crippen LogP contribution in [-0.2, 0) is 0 Å². The molecule has 2 aromatic heterocycles. The van der Waals surface area contributed by atoms with Gasteiger partial charge in [-0.2, -0.15) is 4.98 Å². The molecule has 0 saturated heterocycles. The molecule has 2 N–H and O–H groups in total. The van der Waals surface area contributed by atoms with Crippen LogP contribution in [0.15, 0.2) is 29.6 Å². The lowest BCUT2D eigenvalue weighted by atomic mass is 9.96. The Morgan fingerprint density at radius 1 is 1.32 bits per heavy atom. The van der Waals surface area contributed by atoms with E-state index in [4.69, 9.17) is 0 Å². The van der Waals surface area contributed by atoms with E-state index in [9.17, 15) is 4.79 Å². The molecule has 2 saturated carbocycles. The van der Waals surface area contributed by atoms with Gasteiger partial charge in [-0.25, -0.2) is 0 Å². The van der Waals surface area contributed by atoms with Gasteiger partial charge in [0.2, 0.25) is 5.16 Å². The van der Waals surface area contributed by atoms with Crippen molar-refractivity contribution < 1.29 is 4.79 Å². The molecule has 1 amide bonds. The number of nitrogens with zero attached hydrogens (tertiary/aromatic N) is 3. The number of carbonyl (C=O) groups excluding carboxylic acids is 1. The summed E-state index contributed by atoms with van der Waals surface area (Å²) in [6.45, 7) is 0. The first-order chi connectivity index (χ1) is 10.8. The molecule has 2 fully saturated rings. The summed E-state index contributed by atoms with van der Waals surface area (Å²) in [5.74, 6) is 2.07. The monoisotopic (exact) mass is 315 g/mol. The maximum atomic E-state index is 12.1. The Morgan fingerprint density at radius 3 is 3.00 bits per heavy atom. The van der Waals surface area contributed by atoms with Crippen LogP contribution in [0.4, 0.5) is 4.79 Å². The summed E-state index contributed by atoms with van der Waals surface area (Å²) in [4.78, 5) is 20.7. The molecule has 2 bridgehead atoms. The SMILES string of the molecule is O=C(NC1CC2CCC1C2)Sc1n[nH]c(-c2ccccn2)n1. The van der Waals surface area contributed by atoms with Crippen LogP contribution in [-0.4, -0.2) is 31.4 Å². The van der Waals surface area contributed by atoms with Crippen molar-refractivity contribution in [3.8, 4) is 11.5 Å². The molecule has 22 heavy (non-hydrogen) atoms. The molecule has 2 aliphatic carbocycles. The van der Waals surface area contributed by atoms with Crippen LogP contribution in [0.1, 0.15) is 25.7 Å². The topological polar surface area (TPSA) is 83.6 Å². The van der Waals surface area contributed by atoms with Gasteiger partial charge in [-0.3, -0.25) is 14.9 Å². The highest BCUT2D eigenvalue weighted by atomic mass is 32.2. The van der Waals surface area contributed by atoms with Crippen molar-refractivity contribution in [2.24, 2.45) is 11.8 Å². The number of hydrogen-bond acceptors (Lipinski definition) is 5. The van der Waals surface area contributed by atoms with E-state index in [-0.39, 0.29) is 5.24 Å². The zero-order chi connectivity index (χ0) is 14.9. The molecule has 2 aliphatic rings. The van der Waals surface area contributed by atoms with Crippen LogP contribution in [0, 0.1) is 11.8 Å². The molecular weight excluding hydrogens is 298 g/mol. The molecule has 7 heteroatoms. The Balaban J connectivity index is 1.37. The average molecular weight is 315 g/mol. The lowest BCUT2D eigenvalue weighted by Crippen LogP contribution is -2.36. The van der Waals surface area contributed by atoms with Gasteiger partial charge in [-0.1, -0.05) is 12.5 Å². The summed E-state index contributed by atoms with van der Waals surface area (Å²) in [7, 11) is 0. The Labute approximate surface area is 132 Å². The second-order valence-corrected chi connectivity index (χ2v) is 6.94. The molecule has 0 aliphatic heterocycles. The molecule has 2 heterocycles. The molecule has 6 nitrogen and oxygen atoms in total. The highest BCUT2D eigenvalue weighted by Crippen LogP contribution is 2.44. The van der Waals surface area contributed by atoms with E-state index in [1.165, 1.54) is 19.3 Å². The molecule has 0 aromatic carbocycles. The number of rotatable bonds is 3. The third-order valence-electron chi connectivity index (χ3n) is 4.60. The molecule has 3 unspecified atom stereocenters. The van der Waals surface area contributed by atoms with E-state index in [1.54, 1.807) is 6.20 Å². The first-order valence-electron chi connectivity index (χ1n) is 7.60. The molecule has 0 spiro atoms. The van der Waals surface area contributed by atoms with Crippen LogP contribution in [0.2, 0.25) is 0 Å². The zero-order valence-corrected chi connectivity index (χ0v) is 12.8. The minimum absolute atomic E-state index is 0.0656. The summed E-state index contributed by atoms with van der Waals surface area (Å²) in [6.07, 6.45) is 6.69. The largest absolute Gasteiger partial charge is 0.344 e. The van der Waals surface area contributed by atoms with Crippen molar-refractivity contribution in [1.82, 2.24) is 25.5 Å². The highest BCUT2D eigenvalue weighted by molar-refractivity contribution is 8.13. The van der Waals surface area contributed by atoms with E-state index in [1.807, 2.05) is 18.2 Å². The lowest BCUT2D eigenvalue weighted by molar-refractivity contribution is 0.251. The van der Waals surface area contributed by atoms with Gasteiger partial charge in [0.05, 0.1) is 0 Å². The first-order valence-corrected chi connectivity index (χ1v) is 8.42. The molecule has 2 aromatic rings. The van der Waals surface area contributed by atoms with Crippen molar-refractivity contribution in [3.05, 3.63) is 24.4 Å². The Bertz CT molecular complexity index is 674. The minimum atomic E-state index is -0.0656. The van der Waals surface area contributed by atoms with Gasteiger partial charge in [0, 0.05) is 24.0 Å². The minimum Gasteiger partial charge on any atom is -0.344 e. The molecule has 4 rings (SSSR count). The molecule has 0 radical (unpaired) electrons. The van der Waals surface area contributed by atoms with E-state index in [0.717, 1.165) is 29.8 Å². The van der Waals surface area contributed by atoms with E-state index in [0.29, 0.717) is 22.9 Å². The zero-order valence-electron chi connectivity index (χ0n) is 12.0. The fourth-order valence-electron chi connectivity index (χ4n) is 3.59. The quantitative estimate of drug-likeness (QED) is 0.851. The standard InChI is InChI=1S/C15H17N5OS/c21-15(17-12-8-9-4-5-10(12)7-9)22-14-18-13(19-20-14)11-3-1-2-6-16-11/h1-3,6,9-10,12H,4-5,7-8H2,(H,17,21)(H,18,19,20). The Morgan fingerprint density at radius 2 is 2.27 bits per heavy atom. The van der Waals surface area contributed by atoms with Crippen LogP contribution in [0.25, 0.3) is 11.5 Å². The third-order valence-corrected chi connectivity index (χ3v) is 5.27. The predicted octanol–water partition coefficient (Wildman–Crippen LogP) is 2.86. The van der Waals surface area contributed by atoms with Crippen molar-refractivity contribution in [2.45, 2.75) is 36.9 Å². The second-order valence-electron chi connectivity index (χ2n) is 6.00. The fourth-order valence-corrected chi connectivity index (χ4v) is 4.20. The number of amides is 1. The van der Waals surface area contributed by atoms with Crippen LogP contribution in [0.5, 0.6) is 0 Å². The summed E-state index contributed by atoms with van der Waals surface area (Å²) in [6, 6.07) is 5.93. The third kappa shape index (κ3) is 2.72. The predicted molar refractivity (Wildman–Crippen MR) is 83.2 cm³/mol. The molecule has 3 atom stereocenters. The summed E-state index contributed by atoms with van der Waals surface area (Å²) in [5, 5.41) is 10.4. The Kier molecular flexibility index (Phi) is 3.57. The van der Waals surface area contributed by atoms with Gasteiger partial charge in [-0.15, -0.1) is 5.10 Å². The van der Waals surface area contributed by atoms with Crippen molar-refractivity contribution in [3.63, 3.8) is 0 Å². The van der Waals surface area contributed by atoms with Gasteiger partial charge in [0.1, 0.15) is 5.69 Å². The number of aromatic amines is 1. The van der Waals surface area contributed by atoms with Gasteiger partial charge in [-0.05, 0) is 43.2 Å². The smallest absolute Gasteiger partial charge is 0.287 e. The maximum absolute atomic E-state index is 12.1. The van der Waals surface area contributed by atoms with Gasteiger partial charge < -0.3 is 5.32 Å². The number of carbonyl (C=O) groups is 1. The van der Waals surface area contributed by atoms with Crippen LogP contribution in [0.3, 0.4) is 0 Å². The number of thioether (sulfide) groups is 1. The van der Waals surface area contributed by atoms with Gasteiger partial charge in [0.25, 0.3) is 5.24 Å². The summed E-state index contributed by atoms with van der Waals surface area (Å²) < 4.78 is 0. The fraction of sp³-hybridized carbons (Fsp3) is 0.467. The molecule has 114 valence electrons. The number of fused-ring (bicyclic) bond motifs is 2. The first kappa shape index (κ1) is 13.8. The normalized spacial score (nSPS) is 26.3. The lowest BCUT2D eigenvalue weighted by Gasteiger charge is -2.22. The number of hydrogen-bond donors (Lipinski definition) is 2. The Hall–Kier alpha value is -1.89. The summed E-state index contributed by atoms with van der Waals surface area (Å²) in [5.41, 5.74) is 0.718.